The molecule has 0 fully saturated rings. The molecule has 0 radical (unpaired) electrons. The van der Waals surface area contributed by atoms with Gasteiger partial charge >= 0.3 is 5.97 Å². The number of hydrogen-bond acceptors (Lipinski definition) is 4. The van der Waals surface area contributed by atoms with Crippen LogP contribution in [-0.2, 0) is 9.53 Å². The summed E-state index contributed by atoms with van der Waals surface area (Å²) in [6.07, 6.45) is 0. The first-order valence-electron chi connectivity index (χ1n) is 5.03. The lowest BCUT2D eigenvalue weighted by atomic mass is 10.2. The average Bonchev–Trinajstić information content (AvgIpc) is 2.30. The molecule has 0 aliphatic rings. The molecule has 0 spiro atoms. The minimum atomic E-state index is -0.453. The number of carbonyl (C=O) groups is 2. The molecule has 0 atom stereocenters. The van der Waals surface area contributed by atoms with E-state index in [-0.39, 0.29) is 12.5 Å². The van der Waals surface area contributed by atoms with Crippen LogP contribution in [0.3, 0.4) is 0 Å². The summed E-state index contributed by atoms with van der Waals surface area (Å²) in [5.74, 6) is -0.776. The van der Waals surface area contributed by atoms with Gasteiger partial charge in [-0.25, -0.2) is 0 Å². The highest BCUT2D eigenvalue weighted by atomic mass is 127. The van der Waals surface area contributed by atoms with Gasteiger partial charge in [0.2, 0.25) is 0 Å². The lowest BCUT2D eigenvalue weighted by Gasteiger charge is -2.06. The fourth-order valence-electron chi connectivity index (χ4n) is 1.13. The molecule has 6 heteroatoms. The van der Waals surface area contributed by atoms with Crippen molar-refractivity contribution in [1.82, 2.24) is 5.32 Å². The molecule has 17 heavy (non-hydrogen) atoms. The largest absolute Gasteiger partial charge is 0.465 e. The van der Waals surface area contributed by atoms with Gasteiger partial charge in [0.25, 0.3) is 5.91 Å². The standard InChI is InChI=1S/C11H13IN2O3/c1-2-17-10(15)6-14-11(16)7-3-4-9(13)8(12)5-7/h3-5H,2,6,13H2,1H3,(H,14,16). The average molecular weight is 348 g/mol. The first-order chi connectivity index (χ1) is 8.04. The topological polar surface area (TPSA) is 81.4 Å². The van der Waals surface area contributed by atoms with Crippen LogP contribution in [0, 0.1) is 3.57 Å². The van der Waals surface area contributed by atoms with Gasteiger partial charge in [0.15, 0.2) is 0 Å². The highest BCUT2D eigenvalue weighted by Crippen LogP contribution is 2.16. The van der Waals surface area contributed by atoms with E-state index in [2.05, 4.69) is 5.32 Å². The van der Waals surface area contributed by atoms with Crippen LogP contribution in [0.15, 0.2) is 18.2 Å². The molecule has 1 aromatic rings. The van der Waals surface area contributed by atoms with Gasteiger partial charge < -0.3 is 15.8 Å². The predicted molar refractivity (Wildman–Crippen MR) is 72.5 cm³/mol. The highest BCUT2D eigenvalue weighted by Gasteiger charge is 2.09. The third kappa shape index (κ3) is 4.22. The van der Waals surface area contributed by atoms with E-state index in [4.69, 9.17) is 10.5 Å². The maximum atomic E-state index is 11.7. The highest BCUT2D eigenvalue weighted by molar-refractivity contribution is 14.1. The Morgan fingerprint density at radius 1 is 1.47 bits per heavy atom. The van der Waals surface area contributed by atoms with Gasteiger partial charge in [-0.1, -0.05) is 0 Å². The molecular weight excluding hydrogens is 335 g/mol. The van der Waals surface area contributed by atoms with Crippen molar-refractivity contribution in [2.75, 3.05) is 18.9 Å². The van der Waals surface area contributed by atoms with Crippen LogP contribution >= 0.6 is 22.6 Å². The summed E-state index contributed by atoms with van der Waals surface area (Å²) in [4.78, 5) is 22.7. The lowest BCUT2D eigenvalue weighted by Crippen LogP contribution is -2.30. The first-order valence-corrected chi connectivity index (χ1v) is 6.11. The molecular formula is C11H13IN2O3. The molecule has 0 bridgehead atoms. The molecule has 0 saturated heterocycles. The molecule has 0 saturated carbocycles. The molecule has 0 heterocycles. The second kappa shape index (κ2) is 6.43. The molecule has 0 unspecified atom stereocenters. The zero-order chi connectivity index (χ0) is 12.8. The number of rotatable bonds is 4. The lowest BCUT2D eigenvalue weighted by molar-refractivity contribution is -0.141. The van der Waals surface area contributed by atoms with E-state index in [1.165, 1.54) is 0 Å². The summed E-state index contributed by atoms with van der Waals surface area (Å²) in [6.45, 7) is 1.88. The maximum Gasteiger partial charge on any atom is 0.325 e. The van der Waals surface area contributed by atoms with Gasteiger partial charge in [0, 0.05) is 14.8 Å². The summed E-state index contributed by atoms with van der Waals surface area (Å²) in [7, 11) is 0. The molecule has 0 aliphatic carbocycles. The quantitative estimate of drug-likeness (QED) is 0.486. The minimum absolute atomic E-state index is 0.131. The molecule has 5 nitrogen and oxygen atoms in total. The summed E-state index contributed by atoms with van der Waals surface area (Å²) in [5, 5.41) is 2.47. The second-order valence-electron chi connectivity index (χ2n) is 3.22. The van der Waals surface area contributed by atoms with Gasteiger partial charge in [-0.3, -0.25) is 9.59 Å². The van der Waals surface area contributed by atoms with Crippen LogP contribution in [0.25, 0.3) is 0 Å². The number of amides is 1. The molecule has 1 rings (SSSR count). The summed E-state index contributed by atoms with van der Waals surface area (Å²) < 4.78 is 5.49. The zero-order valence-corrected chi connectivity index (χ0v) is 11.5. The van der Waals surface area contributed by atoms with Crippen LogP contribution in [-0.4, -0.2) is 25.0 Å². The number of halogens is 1. The fourth-order valence-corrected chi connectivity index (χ4v) is 1.65. The number of carbonyl (C=O) groups excluding carboxylic acids is 2. The Labute approximate surface area is 113 Å². The number of nitrogen functional groups attached to an aromatic ring is 1. The number of nitrogens with one attached hydrogen (secondary N) is 1. The Morgan fingerprint density at radius 2 is 2.18 bits per heavy atom. The van der Waals surface area contributed by atoms with Crippen molar-refractivity contribution >= 4 is 40.2 Å². The van der Waals surface area contributed by atoms with Crippen LogP contribution in [0.5, 0.6) is 0 Å². The van der Waals surface area contributed by atoms with Crippen LogP contribution in [0.2, 0.25) is 0 Å². The molecule has 0 aromatic heterocycles. The van der Waals surface area contributed by atoms with Gasteiger partial charge in [-0.2, -0.15) is 0 Å². The van der Waals surface area contributed by atoms with Gasteiger partial charge in [-0.05, 0) is 47.7 Å². The second-order valence-corrected chi connectivity index (χ2v) is 4.39. The van der Waals surface area contributed by atoms with Gasteiger partial charge in [0.1, 0.15) is 6.54 Å². The van der Waals surface area contributed by atoms with Crippen molar-refractivity contribution in [2.24, 2.45) is 0 Å². The van der Waals surface area contributed by atoms with Gasteiger partial charge in [0.05, 0.1) is 6.61 Å². The van der Waals surface area contributed by atoms with Crippen LogP contribution in [0.1, 0.15) is 17.3 Å². The van der Waals surface area contributed by atoms with E-state index in [9.17, 15) is 9.59 Å². The molecule has 1 aromatic carbocycles. The number of hydrogen-bond donors (Lipinski definition) is 2. The first kappa shape index (κ1) is 13.8. The third-order valence-electron chi connectivity index (χ3n) is 1.96. The SMILES string of the molecule is CCOC(=O)CNC(=O)c1ccc(N)c(I)c1. The van der Waals surface area contributed by atoms with Crippen molar-refractivity contribution in [3.05, 3.63) is 27.3 Å². The van der Waals surface area contributed by atoms with E-state index in [0.29, 0.717) is 17.9 Å². The van der Waals surface area contributed by atoms with Crippen molar-refractivity contribution in [1.29, 1.82) is 0 Å². The van der Waals surface area contributed by atoms with Crippen molar-refractivity contribution in [3.63, 3.8) is 0 Å². The molecule has 92 valence electrons. The smallest absolute Gasteiger partial charge is 0.325 e. The van der Waals surface area contributed by atoms with E-state index in [1.807, 2.05) is 22.6 Å². The Hall–Kier alpha value is -1.31. The zero-order valence-electron chi connectivity index (χ0n) is 9.33. The molecule has 0 aliphatic heterocycles. The Kier molecular flexibility index (Phi) is 5.20. The van der Waals surface area contributed by atoms with Crippen LogP contribution < -0.4 is 11.1 Å². The number of anilines is 1. The van der Waals surface area contributed by atoms with E-state index in [1.54, 1.807) is 25.1 Å². The van der Waals surface area contributed by atoms with Gasteiger partial charge in [-0.15, -0.1) is 0 Å². The Morgan fingerprint density at radius 3 is 2.76 bits per heavy atom. The Bertz CT molecular complexity index is 435. The predicted octanol–water partition coefficient (Wildman–Crippen LogP) is 1.17. The number of ether oxygens (including phenoxy) is 1. The van der Waals surface area contributed by atoms with Crippen LogP contribution in [0.4, 0.5) is 5.69 Å². The summed E-state index contributed by atoms with van der Waals surface area (Å²) >= 11 is 2.04. The summed E-state index contributed by atoms with van der Waals surface area (Å²) in [5.41, 5.74) is 6.72. The fraction of sp³-hybridized carbons (Fsp3) is 0.273. The van der Waals surface area contributed by atoms with Crippen molar-refractivity contribution in [3.8, 4) is 0 Å². The van der Waals surface area contributed by atoms with Crippen molar-refractivity contribution in [2.45, 2.75) is 6.92 Å². The normalized spacial score (nSPS) is 9.76. The number of benzene rings is 1. The molecule has 3 N–H and O–H groups in total. The molecule has 1 amide bonds. The number of esters is 1. The monoisotopic (exact) mass is 348 g/mol. The third-order valence-corrected chi connectivity index (χ3v) is 2.90. The summed E-state index contributed by atoms with van der Waals surface area (Å²) in [6, 6.07) is 4.93. The van der Waals surface area contributed by atoms with Crippen molar-refractivity contribution < 1.29 is 14.3 Å². The minimum Gasteiger partial charge on any atom is -0.465 e. The van der Waals surface area contributed by atoms with E-state index in [0.717, 1.165) is 3.57 Å². The van der Waals surface area contributed by atoms with E-state index < -0.39 is 5.97 Å². The maximum absolute atomic E-state index is 11.7. The number of nitrogens with two attached hydrogens (primary N) is 1. The van der Waals surface area contributed by atoms with E-state index >= 15 is 0 Å². The Balaban J connectivity index is 2.58.